The second-order valence-corrected chi connectivity index (χ2v) is 5.90. The number of nitrogens with zero attached hydrogens (tertiary/aromatic N) is 2. The zero-order valence-corrected chi connectivity index (χ0v) is 15.1. The molecule has 0 aromatic heterocycles. The zero-order chi connectivity index (χ0) is 16.6. The van der Waals surface area contributed by atoms with Crippen LogP contribution in [0.4, 0.5) is 0 Å². The van der Waals surface area contributed by atoms with E-state index >= 15 is 0 Å². The van der Waals surface area contributed by atoms with E-state index in [-0.39, 0.29) is 0 Å². The van der Waals surface area contributed by atoms with Crippen molar-refractivity contribution in [2.75, 3.05) is 66.2 Å². The normalized spacial score (nSPS) is 17.0. The standard InChI is InChI=1S/C17H36N4O2/c1-3-18-17(20-10-14-23-16-15-22-2)19-9-8-13-21-11-6-4-5-7-12-21/h3-16H2,1-2H3,(H2,18,19,20). The van der Waals surface area contributed by atoms with E-state index in [1.807, 2.05) is 0 Å². The molecule has 0 bridgehead atoms. The van der Waals surface area contributed by atoms with E-state index in [9.17, 15) is 0 Å². The number of hydrogen-bond donors (Lipinski definition) is 2. The molecule has 6 nitrogen and oxygen atoms in total. The summed E-state index contributed by atoms with van der Waals surface area (Å²) in [6, 6.07) is 0. The first-order valence-corrected chi connectivity index (χ1v) is 9.18. The smallest absolute Gasteiger partial charge is 0.191 e. The van der Waals surface area contributed by atoms with Crippen LogP contribution in [0.1, 0.15) is 39.0 Å². The monoisotopic (exact) mass is 328 g/mol. The summed E-state index contributed by atoms with van der Waals surface area (Å²) in [4.78, 5) is 7.23. The lowest BCUT2D eigenvalue weighted by molar-refractivity contribution is 0.0733. The van der Waals surface area contributed by atoms with Gasteiger partial charge in [-0.2, -0.15) is 0 Å². The maximum Gasteiger partial charge on any atom is 0.191 e. The van der Waals surface area contributed by atoms with Crippen molar-refractivity contribution in [1.82, 2.24) is 15.5 Å². The van der Waals surface area contributed by atoms with Gasteiger partial charge in [-0.25, -0.2) is 0 Å². The van der Waals surface area contributed by atoms with E-state index < -0.39 is 0 Å². The number of nitrogens with one attached hydrogen (secondary N) is 2. The molecule has 0 aromatic carbocycles. The molecule has 0 spiro atoms. The Hall–Kier alpha value is -0.850. The fraction of sp³-hybridized carbons (Fsp3) is 0.941. The highest BCUT2D eigenvalue weighted by Gasteiger charge is 2.07. The molecule has 1 aliphatic rings. The zero-order valence-electron chi connectivity index (χ0n) is 15.1. The first kappa shape index (κ1) is 20.2. The fourth-order valence-corrected chi connectivity index (χ4v) is 2.67. The van der Waals surface area contributed by atoms with Gasteiger partial charge < -0.3 is 25.0 Å². The third-order valence-corrected chi connectivity index (χ3v) is 3.92. The highest BCUT2D eigenvalue weighted by Crippen LogP contribution is 2.09. The summed E-state index contributed by atoms with van der Waals surface area (Å²) in [5.41, 5.74) is 0. The maximum atomic E-state index is 5.44. The number of ether oxygens (including phenoxy) is 2. The lowest BCUT2D eigenvalue weighted by atomic mass is 10.2. The number of rotatable bonds is 11. The van der Waals surface area contributed by atoms with Gasteiger partial charge in [0.25, 0.3) is 0 Å². The Morgan fingerprint density at radius 1 is 1.04 bits per heavy atom. The van der Waals surface area contributed by atoms with Gasteiger partial charge in [0.15, 0.2) is 5.96 Å². The van der Waals surface area contributed by atoms with Crippen molar-refractivity contribution in [1.29, 1.82) is 0 Å². The van der Waals surface area contributed by atoms with Gasteiger partial charge in [0.05, 0.1) is 19.8 Å². The number of aliphatic imine (C=N–C) groups is 1. The van der Waals surface area contributed by atoms with Crippen molar-refractivity contribution < 1.29 is 9.47 Å². The third-order valence-electron chi connectivity index (χ3n) is 3.92. The van der Waals surface area contributed by atoms with E-state index in [1.165, 1.54) is 45.3 Å². The Kier molecular flexibility index (Phi) is 12.9. The van der Waals surface area contributed by atoms with Crippen molar-refractivity contribution >= 4 is 5.96 Å². The Labute approximate surface area is 142 Å². The van der Waals surface area contributed by atoms with Gasteiger partial charge in [0.1, 0.15) is 0 Å². The molecule has 1 aliphatic heterocycles. The van der Waals surface area contributed by atoms with Crippen molar-refractivity contribution in [3.05, 3.63) is 0 Å². The van der Waals surface area contributed by atoms with Crippen molar-refractivity contribution in [2.24, 2.45) is 4.99 Å². The van der Waals surface area contributed by atoms with Gasteiger partial charge in [0, 0.05) is 26.7 Å². The molecule has 1 rings (SSSR count). The molecule has 2 N–H and O–H groups in total. The molecule has 23 heavy (non-hydrogen) atoms. The molecule has 0 aliphatic carbocycles. The first-order valence-electron chi connectivity index (χ1n) is 9.18. The maximum absolute atomic E-state index is 5.44. The molecule has 0 unspecified atom stereocenters. The van der Waals surface area contributed by atoms with Crippen LogP contribution in [0.2, 0.25) is 0 Å². The van der Waals surface area contributed by atoms with Gasteiger partial charge in [-0.15, -0.1) is 0 Å². The lowest BCUT2D eigenvalue weighted by Gasteiger charge is -2.19. The molecule has 136 valence electrons. The molecule has 0 atom stereocenters. The van der Waals surface area contributed by atoms with Gasteiger partial charge in [-0.1, -0.05) is 12.8 Å². The SMILES string of the molecule is CCNC(=NCCCN1CCCCCC1)NCCOCCOC. The van der Waals surface area contributed by atoms with Crippen LogP contribution < -0.4 is 10.6 Å². The van der Waals surface area contributed by atoms with Crippen molar-refractivity contribution in [2.45, 2.75) is 39.0 Å². The minimum atomic E-state index is 0.641. The molecule has 0 amide bonds. The summed E-state index contributed by atoms with van der Waals surface area (Å²) >= 11 is 0. The predicted octanol–water partition coefficient (Wildman–Crippen LogP) is 1.47. The van der Waals surface area contributed by atoms with E-state index in [1.54, 1.807) is 7.11 Å². The Bertz CT molecular complexity index is 292. The van der Waals surface area contributed by atoms with E-state index in [0.717, 1.165) is 32.0 Å². The van der Waals surface area contributed by atoms with Crippen LogP contribution in [-0.4, -0.2) is 77.1 Å². The minimum Gasteiger partial charge on any atom is -0.382 e. The van der Waals surface area contributed by atoms with E-state index in [2.05, 4.69) is 27.4 Å². The molecule has 1 heterocycles. The molecule has 1 saturated heterocycles. The molecule has 1 fully saturated rings. The Morgan fingerprint density at radius 3 is 2.52 bits per heavy atom. The van der Waals surface area contributed by atoms with Gasteiger partial charge in [0.2, 0.25) is 0 Å². The predicted molar refractivity (Wildman–Crippen MR) is 96.2 cm³/mol. The summed E-state index contributed by atoms with van der Waals surface area (Å²) in [6.45, 7) is 10.3. The number of guanidine groups is 1. The molecular weight excluding hydrogens is 292 g/mol. The van der Waals surface area contributed by atoms with Crippen molar-refractivity contribution in [3.8, 4) is 0 Å². The molecular formula is C17H36N4O2. The van der Waals surface area contributed by atoms with Gasteiger partial charge >= 0.3 is 0 Å². The average molecular weight is 329 g/mol. The highest BCUT2D eigenvalue weighted by molar-refractivity contribution is 5.79. The molecule has 6 heteroatoms. The first-order chi connectivity index (χ1) is 11.4. The fourth-order valence-electron chi connectivity index (χ4n) is 2.67. The topological polar surface area (TPSA) is 58.1 Å². The summed E-state index contributed by atoms with van der Waals surface area (Å²) in [5, 5.41) is 6.58. The van der Waals surface area contributed by atoms with Crippen LogP contribution >= 0.6 is 0 Å². The van der Waals surface area contributed by atoms with Crippen LogP contribution in [0, 0.1) is 0 Å². The van der Waals surface area contributed by atoms with Gasteiger partial charge in [-0.3, -0.25) is 4.99 Å². The summed E-state index contributed by atoms with van der Waals surface area (Å²) in [7, 11) is 1.68. The number of hydrogen-bond acceptors (Lipinski definition) is 4. The van der Waals surface area contributed by atoms with Crippen molar-refractivity contribution in [3.63, 3.8) is 0 Å². The second-order valence-electron chi connectivity index (χ2n) is 5.90. The largest absolute Gasteiger partial charge is 0.382 e. The second kappa shape index (κ2) is 14.7. The third kappa shape index (κ3) is 11.3. The summed E-state index contributed by atoms with van der Waals surface area (Å²) < 4.78 is 10.4. The van der Waals surface area contributed by atoms with Crippen LogP contribution in [0.25, 0.3) is 0 Å². The van der Waals surface area contributed by atoms with Crippen LogP contribution in [-0.2, 0) is 9.47 Å². The molecule has 0 saturated carbocycles. The van der Waals surface area contributed by atoms with Crippen LogP contribution in [0.15, 0.2) is 4.99 Å². The lowest BCUT2D eigenvalue weighted by Crippen LogP contribution is -2.39. The Morgan fingerprint density at radius 2 is 1.83 bits per heavy atom. The Balaban J connectivity index is 2.12. The number of methoxy groups -OCH3 is 1. The number of likely N-dealkylation sites (tertiary alicyclic amines) is 1. The van der Waals surface area contributed by atoms with Crippen LogP contribution in [0.3, 0.4) is 0 Å². The quantitative estimate of drug-likeness (QED) is 0.342. The van der Waals surface area contributed by atoms with Crippen LogP contribution in [0.5, 0.6) is 0 Å². The molecule has 0 aromatic rings. The summed E-state index contributed by atoms with van der Waals surface area (Å²) in [5.74, 6) is 0.888. The van der Waals surface area contributed by atoms with Gasteiger partial charge in [-0.05, 0) is 45.8 Å². The van der Waals surface area contributed by atoms with E-state index in [0.29, 0.717) is 19.8 Å². The highest BCUT2D eigenvalue weighted by atomic mass is 16.5. The average Bonchev–Trinajstić information content (AvgIpc) is 2.83. The minimum absolute atomic E-state index is 0.641. The molecule has 0 radical (unpaired) electrons. The van der Waals surface area contributed by atoms with E-state index in [4.69, 9.17) is 9.47 Å². The summed E-state index contributed by atoms with van der Waals surface area (Å²) in [6.07, 6.45) is 6.64.